The first-order chi connectivity index (χ1) is 9.15. The Kier molecular flexibility index (Phi) is 4.82. The van der Waals surface area contributed by atoms with Crippen molar-refractivity contribution in [2.75, 3.05) is 25.0 Å². The van der Waals surface area contributed by atoms with Crippen LogP contribution in [0.4, 0.5) is 5.69 Å². The number of hydrogen-bond acceptors (Lipinski definition) is 3. The van der Waals surface area contributed by atoms with Gasteiger partial charge in [-0.05, 0) is 25.0 Å². The number of hydrogen-bond donors (Lipinski definition) is 2. The second-order valence-electron chi connectivity index (χ2n) is 4.83. The van der Waals surface area contributed by atoms with E-state index in [1.54, 1.807) is 7.05 Å². The number of carbonyl (C=O) groups excluding carboxylic acids is 1. The predicted octanol–water partition coefficient (Wildman–Crippen LogP) is 1.90. The molecule has 1 aliphatic rings. The topological polar surface area (TPSA) is 52.6 Å². The molecule has 1 amide bonds. The molecule has 19 heavy (non-hydrogen) atoms. The van der Waals surface area contributed by atoms with Crippen molar-refractivity contribution in [3.8, 4) is 0 Å². The Morgan fingerprint density at radius 3 is 3.05 bits per heavy atom. The molecule has 2 N–H and O–H groups in total. The predicted molar refractivity (Wildman–Crippen MR) is 79.1 cm³/mol. The molecule has 1 fully saturated rings. The van der Waals surface area contributed by atoms with E-state index in [0.717, 1.165) is 35.1 Å². The zero-order valence-corrected chi connectivity index (χ0v) is 12.6. The third-order valence-corrected chi connectivity index (χ3v) is 4.09. The van der Waals surface area contributed by atoms with E-state index in [9.17, 15) is 9.90 Å². The molecule has 4 nitrogen and oxygen atoms in total. The number of piperidine rings is 1. The van der Waals surface area contributed by atoms with Crippen LogP contribution in [0.5, 0.6) is 0 Å². The monoisotopic (exact) mass is 326 g/mol. The van der Waals surface area contributed by atoms with Crippen LogP contribution >= 0.6 is 15.9 Å². The lowest BCUT2D eigenvalue weighted by atomic mass is 9.96. The van der Waals surface area contributed by atoms with Crippen molar-refractivity contribution < 1.29 is 9.90 Å². The second kappa shape index (κ2) is 6.39. The molecule has 1 unspecified atom stereocenters. The van der Waals surface area contributed by atoms with E-state index in [0.29, 0.717) is 6.54 Å². The fraction of sp³-hybridized carbons (Fsp3) is 0.500. The van der Waals surface area contributed by atoms with Crippen LogP contribution in [0, 0.1) is 5.92 Å². The van der Waals surface area contributed by atoms with E-state index < -0.39 is 0 Å². The highest BCUT2D eigenvalue weighted by molar-refractivity contribution is 9.10. The summed E-state index contributed by atoms with van der Waals surface area (Å²) in [5.74, 6) is 0.134. The van der Waals surface area contributed by atoms with Gasteiger partial charge in [-0.1, -0.05) is 22.0 Å². The van der Waals surface area contributed by atoms with E-state index in [4.69, 9.17) is 0 Å². The molecule has 0 radical (unpaired) electrons. The van der Waals surface area contributed by atoms with Crippen molar-refractivity contribution in [2.45, 2.75) is 19.4 Å². The molecule has 1 heterocycles. The van der Waals surface area contributed by atoms with Crippen LogP contribution in [0.15, 0.2) is 22.7 Å². The third-order valence-electron chi connectivity index (χ3n) is 3.60. The number of halogens is 1. The molecule has 0 aliphatic carbocycles. The number of rotatable bonds is 3. The van der Waals surface area contributed by atoms with Gasteiger partial charge in [-0.2, -0.15) is 0 Å². The van der Waals surface area contributed by atoms with E-state index in [2.05, 4.69) is 26.1 Å². The van der Waals surface area contributed by atoms with Gasteiger partial charge in [0.15, 0.2) is 0 Å². The van der Waals surface area contributed by atoms with Crippen molar-refractivity contribution >= 4 is 27.5 Å². The van der Waals surface area contributed by atoms with E-state index in [-0.39, 0.29) is 18.4 Å². The first kappa shape index (κ1) is 14.3. The summed E-state index contributed by atoms with van der Waals surface area (Å²) in [7, 11) is 1.68. The Morgan fingerprint density at radius 1 is 1.58 bits per heavy atom. The maximum atomic E-state index is 11.8. The lowest BCUT2D eigenvalue weighted by Gasteiger charge is -2.34. The van der Waals surface area contributed by atoms with Gasteiger partial charge < -0.3 is 15.3 Å². The average molecular weight is 327 g/mol. The third kappa shape index (κ3) is 3.28. The minimum atomic E-state index is 0.0176. The number of carbonyl (C=O) groups is 1. The maximum absolute atomic E-state index is 11.8. The number of aliphatic hydroxyl groups excluding tert-OH is 1. The Bertz CT molecular complexity index is 465. The van der Waals surface area contributed by atoms with E-state index in [1.807, 2.05) is 18.2 Å². The van der Waals surface area contributed by atoms with Crippen molar-refractivity contribution in [3.63, 3.8) is 0 Å². The summed E-state index contributed by atoms with van der Waals surface area (Å²) in [6.45, 7) is 1.66. The highest BCUT2D eigenvalue weighted by Crippen LogP contribution is 2.29. The van der Waals surface area contributed by atoms with Gasteiger partial charge in [-0.3, -0.25) is 4.79 Å². The molecule has 1 saturated heterocycles. The van der Waals surface area contributed by atoms with Crippen LogP contribution in [0.2, 0.25) is 0 Å². The standard InChI is InChI=1S/C14H19BrN2O2/c1-16-14(19)10-3-2-6-17(8-10)13-7-12(15)5-4-11(13)9-18/h4-5,7,10,18H,2-3,6,8-9H2,1H3,(H,16,19). The van der Waals surface area contributed by atoms with Gasteiger partial charge in [0.2, 0.25) is 5.91 Å². The Morgan fingerprint density at radius 2 is 2.37 bits per heavy atom. The van der Waals surface area contributed by atoms with Crippen LogP contribution in [-0.2, 0) is 11.4 Å². The molecule has 1 atom stereocenters. The molecule has 5 heteroatoms. The first-order valence-electron chi connectivity index (χ1n) is 6.51. The minimum absolute atomic E-state index is 0.0176. The zero-order chi connectivity index (χ0) is 13.8. The van der Waals surface area contributed by atoms with Crippen molar-refractivity contribution in [1.29, 1.82) is 0 Å². The van der Waals surface area contributed by atoms with Crippen LogP contribution in [0.3, 0.4) is 0 Å². The summed E-state index contributed by atoms with van der Waals surface area (Å²) < 4.78 is 0.988. The lowest BCUT2D eigenvalue weighted by molar-refractivity contribution is -0.124. The fourth-order valence-corrected chi connectivity index (χ4v) is 2.93. The molecular formula is C14H19BrN2O2. The number of benzene rings is 1. The van der Waals surface area contributed by atoms with Gasteiger partial charge in [0.1, 0.15) is 0 Å². The SMILES string of the molecule is CNC(=O)C1CCCN(c2cc(Br)ccc2CO)C1. The summed E-state index contributed by atoms with van der Waals surface area (Å²) in [6.07, 6.45) is 1.92. The number of amides is 1. The zero-order valence-electron chi connectivity index (χ0n) is 11.0. The highest BCUT2D eigenvalue weighted by Gasteiger charge is 2.26. The molecular weight excluding hydrogens is 308 g/mol. The molecule has 0 bridgehead atoms. The Hall–Kier alpha value is -1.07. The molecule has 0 spiro atoms. The largest absolute Gasteiger partial charge is 0.392 e. The normalized spacial score (nSPS) is 19.3. The summed E-state index contributed by atoms with van der Waals surface area (Å²) in [6, 6.07) is 5.86. The van der Waals surface area contributed by atoms with Gasteiger partial charge in [0.05, 0.1) is 12.5 Å². The van der Waals surface area contributed by atoms with Crippen molar-refractivity contribution in [2.24, 2.45) is 5.92 Å². The second-order valence-corrected chi connectivity index (χ2v) is 5.75. The van der Waals surface area contributed by atoms with Crippen LogP contribution in [0.25, 0.3) is 0 Å². The van der Waals surface area contributed by atoms with Gasteiger partial charge >= 0.3 is 0 Å². The lowest BCUT2D eigenvalue weighted by Crippen LogP contribution is -2.42. The fourth-order valence-electron chi connectivity index (χ4n) is 2.58. The molecule has 104 valence electrons. The van der Waals surface area contributed by atoms with Gasteiger partial charge in [-0.25, -0.2) is 0 Å². The van der Waals surface area contributed by atoms with E-state index in [1.165, 1.54) is 0 Å². The summed E-state index contributed by atoms with van der Waals surface area (Å²) in [5.41, 5.74) is 1.92. The number of anilines is 1. The quantitative estimate of drug-likeness (QED) is 0.892. The number of aliphatic hydroxyl groups is 1. The van der Waals surface area contributed by atoms with Crippen LogP contribution in [-0.4, -0.2) is 31.2 Å². The van der Waals surface area contributed by atoms with Crippen molar-refractivity contribution in [1.82, 2.24) is 5.32 Å². The molecule has 0 aromatic heterocycles. The molecule has 0 saturated carbocycles. The Balaban J connectivity index is 2.21. The summed E-state index contributed by atoms with van der Waals surface area (Å²) in [4.78, 5) is 14.0. The van der Waals surface area contributed by atoms with Gasteiger partial charge in [-0.15, -0.1) is 0 Å². The molecule has 2 rings (SSSR count). The summed E-state index contributed by atoms with van der Waals surface area (Å²) >= 11 is 3.46. The number of nitrogens with zero attached hydrogens (tertiary/aromatic N) is 1. The smallest absolute Gasteiger partial charge is 0.224 e. The summed E-state index contributed by atoms with van der Waals surface area (Å²) in [5, 5.41) is 12.2. The maximum Gasteiger partial charge on any atom is 0.224 e. The minimum Gasteiger partial charge on any atom is -0.392 e. The molecule has 1 aliphatic heterocycles. The number of nitrogens with one attached hydrogen (secondary N) is 1. The molecule has 1 aromatic carbocycles. The van der Waals surface area contributed by atoms with Crippen LogP contribution < -0.4 is 10.2 Å². The highest BCUT2D eigenvalue weighted by atomic mass is 79.9. The van der Waals surface area contributed by atoms with Crippen molar-refractivity contribution in [3.05, 3.63) is 28.2 Å². The van der Waals surface area contributed by atoms with Gasteiger partial charge in [0, 0.05) is 35.9 Å². The first-order valence-corrected chi connectivity index (χ1v) is 7.31. The van der Waals surface area contributed by atoms with Gasteiger partial charge in [0.25, 0.3) is 0 Å². The van der Waals surface area contributed by atoms with Crippen LogP contribution in [0.1, 0.15) is 18.4 Å². The average Bonchev–Trinajstić information content (AvgIpc) is 2.46. The van der Waals surface area contributed by atoms with E-state index >= 15 is 0 Å². The Labute approximate surface area is 121 Å². The molecule has 1 aromatic rings.